The number of aldehydes is 1. The Labute approximate surface area is 165 Å². The highest BCUT2D eigenvalue weighted by molar-refractivity contribution is 6.17. The van der Waals surface area contributed by atoms with Crippen molar-refractivity contribution in [2.75, 3.05) is 26.5 Å². The molecule has 1 aliphatic rings. The molecule has 28 heavy (non-hydrogen) atoms. The highest BCUT2D eigenvalue weighted by Gasteiger charge is 2.25. The molecule has 5 heteroatoms. The molecule has 4 nitrogen and oxygen atoms in total. The molecule has 0 fully saturated rings. The van der Waals surface area contributed by atoms with Gasteiger partial charge in [0.2, 0.25) is 0 Å². The van der Waals surface area contributed by atoms with Gasteiger partial charge in [0.15, 0.2) is 0 Å². The molecule has 0 aromatic heterocycles. The summed E-state index contributed by atoms with van der Waals surface area (Å²) in [6, 6.07) is 12.2. The Balaban J connectivity index is 2.34. The summed E-state index contributed by atoms with van der Waals surface area (Å²) in [7, 11) is 5.77. The van der Waals surface area contributed by atoms with Crippen LogP contribution in [0.25, 0.3) is 5.57 Å². The summed E-state index contributed by atoms with van der Waals surface area (Å²) in [4.78, 5) is 18.2. The predicted molar refractivity (Wildman–Crippen MR) is 113 cm³/mol. The normalized spacial score (nSPS) is 19.0. The van der Waals surface area contributed by atoms with Gasteiger partial charge in [0, 0.05) is 49.7 Å². The fourth-order valence-electron chi connectivity index (χ4n) is 3.38. The zero-order chi connectivity index (χ0) is 20.3. The van der Waals surface area contributed by atoms with Gasteiger partial charge >= 0.3 is 0 Å². The van der Waals surface area contributed by atoms with E-state index in [-0.39, 0.29) is 11.9 Å². The minimum atomic E-state index is -0.286. The zero-order valence-electron chi connectivity index (χ0n) is 16.5. The van der Waals surface area contributed by atoms with E-state index in [1.165, 1.54) is 12.1 Å². The Hall–Kier alpha value is -3.21. The molecule has 0 amide bonds. The van der Waals surface area contributed by atoms with Crippen LogP contribution in [0.3, 0.4) is 0 Å². The molecule has 3 rings (SSSR count). The van der Waals surface area contributed by atoms with Crippen LogP contribution in [0.5, 0.6) is 0 Å². The topological polar surface area (TPSA) is 44.7 Å². The number of hydrogen-bond donors (Lipinski definition) is 1. The first-order chi connectivity index (χ1) is 13.4. The molecule has 1 N–H and O–H groups in total. The standard InChI is InChI=1S/C23H24FN3O/c1-15-19(11-12-28)22(14-27(3)4)21-13-18(25-2)9-10-20(21)23(26-15)16-5-7-17(24)8-6-16/h5-15,25H,1-4H3/b19-11-,22-14+/t15-/m0/s1. The van der Waals surface area contributed by atoms with Crippen molar-refractivity contribution in [1.29, 1.82) is 0 Å². The predicted octanol–water partition coefficient (Wildman–Crippen LogP) is 4.13. The van der Waals surface area contributed by atoms with Crippen molar-refractivity contribution < 1.29 is 9.18 Å². The van der Waals surface area contributed by atoms with Crippen LogP contribution in [0.4, 0.5) is 10.1 Å². The number of anilines is 1. The van der Waals surface area contributed by atoms with Crippen LogP contribution in [0.15, 0.2) is 65.3 Å². The van der Waals surface area contributed by atoms with Crippen LogP contribution >= 0.6 is 0 Å². The number of halogens is 1. The molecule has 1 atom stereocenters. The van der Waals surface area contributed by atoms with E-state index in [4.69, 9.17) is 4.99 Å². The Morgan fingerprint density at radius 1 is 1.11 bits per heavy atom. The molecule has 0 bridgehead atoms. The van der Waals surface area contributed by atoms with Gasteiger partial charge in [0.1, 0.15) is 12.1 Å². The quantitative estimate of drug-likeness (QED) is 0.644. The summed E-state index contributed by atoms with van der Waals surface area (Å²) in [5, 5.41) is 3.17. The lowest BCUT2D eigenvalue weighted by molar-refractivity contribution is -0.104. The Morgan fingerprint density at radius 3 is 2.43 bits per heavy atom. The van der Waals surface area contributed by atoms with Gasteiger partial charge in [-0.05, 0) is 60.5 Å². The maximum Gasteiger partial charge on any atom is 0.143 e. The van der Waals surface area contributed by atoms with Crippen LogP contribution in [0.1, 0.15) is 23.6 Å². The van der Waals surface area contributed by atoms with Crippen molar-refractivity contribution in [3.8, 4) is 0 Å². The lowest BCUT2D eigenvalue weighted by Crippen LogP contribution is -2.09. The molecular weight excluding hydrogens is 353 g/mol. The minimum absolute atomic E-state index is 0.234. The summed E-state index contributed by atoms with van der Waals surface area (Å²) in [6.45, 7) is 1.97. The number of nitrogens with one attached hydrogen (secondary N) is 1. The van der Waals surface area contributed by atoms with Crippen LogP contribution in [0, 0.1) is 5.82 Å². The smallest absolute Gasteiger partial charge is 0.143 e. The number of aliphatic imine (C=N–C) groups is 1. The minimum Gasteiger partial charge on any atom is -0.388 e. The van der Waals surface area contributed by atoms with Gasteiger partial charge in [-0.15, -0.1) is 0 Å². The molecule has 0 saturated heterocycles. The number of allylic oxidation sites excluding steroid dienone is 1. The third-order valence-electron chi connectivity index (χ3n) is 4.69. The zero-order valence-corrected chi connectivity index (χ0v) is 16.5. The van der Waals surface area contributed by atoms with E-state index in [2.05, 4.69) is 11.4 Å². The SMILES string of the molecule is CNc1ccc2c(c1)C(=C/N(C)C)/C(=C\C=O)[C@H](C)N=C2c1ccc(F)cc1. The number of carbonyl (C=O) groups is 1. The van der Waals surface area contributed by atoms with Gasteiger partial charge < -0.3 is 10.2 Å². The Bertz CT molecular complexity index is 972. The lowest BCUT2D eigenvalue weighted by atomic mass is 9.89. The molecule has 2 aromatic rings. The summed E-state index contributed by atoms with van der Waals surface area (Å²) in [5.74, 6) is -0.286. The van der Waals surface area contributed by atoms with E-state index in [9.17, 15) is 9.18 Å². The lowest BCUT2D eigenvalue weighted by Gasteiger charge is -2.18. The second-order valence-corrected chi connectivity index (χ2v) is 6.94. The van der Waals surface area contributed by atoms with Crippen molar-refractivity contribution in [3.63, 3.8) is 0 Å². The van der Waals surface area contributed by atoms with Crippen molar-refractivity contribution >= 4 is 23.3 Å². The van der Waals surface area contributed by atoms with E-state index < -0.39 is 0 Å². The summed E-state index contributed by atoms with van der Waals surface area (Å²) < 4.78 is 13.5. The van der Waals surface area contributed by atoms with Crippen molar-refractivity contribution in [3.05, 3.63) is 82.8 Å². The molecule has 0 unspecified atom stereocenters. The second-order valence-electron chi connectivity index (χ2n) is 6.94. The highest BCUT2D eigenvalue weighted by atomic mass is 19.1. The first kappa shape index (κ1) is 19.5. The summed E-state index contributed by atoms with van der Waals surface area (Å²) in [6.07, 6.45) is 4.38. The largest absolute Gasteiger partial charge is 0.388 e. The van der Waals surface area contributed by atoms with Crippen molar-refractivity contribution in [1.82, 2.24) is 4.90 Å². The first-order valence-corrected chi connectivity index (χ1v) is 9.15. The van der Waals surface area contributed by atoms with Crippen molar-refractivity contribution in [2.45, 2.75) is 13.0 Å². The van der Waals surface area contributed by atoms with Crippen LogP contribution < -0.4 is 5.32 Å². The molecule has 2 aromatic carbocycles. The third kappa shape index (κ3) is 3.88. The van der Waals surface area contributed by atoms with E-state index in [1.807, 2.05) is 51.3 Å². The molecule has 0 saturated carbocycles. The van der Waals surface area contributed by atoms with Gasteiger partial charge in [-0.3, -0.25) is 9.79 Å². The Kier molecular flexibility index (Phi) is 5.73. The van der Waals surface area contributed by atoms with E-state index >= 15 is 0 Å². The number of carbonyl (C=O) groups excluding carboxylic acids is 1. The van der Waals surface area contributed by atoms with Crippen LogP contribution in [0.2, 0.25) is 0 Å². The van der Waals surface area contributed by atoms with Gasteiger partial charge in [-0.25, -0.2) is 4.39 Å². The maximum atomic E-state index is 13.5. The highest BCUT2D eigenvalue weighted by Crippen LogP contribution is 2.36. The fourth-order valence-corrected chi connectivity index (χ4v) is 3.38. The van der Waals surface area contributed by atoms with E-state index in [0.29, 0.717) is 0 Å². The second kappa shape index (κ2) is 8.21. The van der Waals surface area contributed by atoms with E-state index in [0.717, 1.165) is 45.5 Å². The van der Waals surface area contributed by atoms with Crippen LogP contribution in [-0.2, 0) is 4.79 Å². The number of fused-ring (bicyclic) bond motifs is 1. The molecule has 1 heterocycles. The molecule has 0 aliphatic carbocycles. The summed E-state index contributed by atoms with van der Waals surface area (Å²) in [5.41, 5.74) is 6.28. The molecular formula is C23H24FN3O. The van der Waals surface area contributed by atoms with Gasteiger partial charge in [-0.1, -0.05) is 6.07 Å². The molecule has 0 radical (unpaired) electrons. The summed E-state index contributed by atoms with van der Waals surface area (Å²) >= 11 is 0. The van der Waals surface area contributed by atoms with E-state index in [1.54, 1.807) is 18.2 Å². The average molecular weight is 377 g/mol. The Morgan fingerprint density at radius 2 is 1.82 bits per heavy atom. The average Bonchev–Trinajstić information content (AvgIpc) is 2.78. The molecule has 0 spiro atoms. The number of benzene rings is 2. The number of rotatable bonds is 4. The van der Waals surface area contributed by atoms with Crippen LogP contribution in [-0.4, -0.2) is 44.1 Å². The number of nitrogens with zero attached hydrogens (tertiary/aromatic N) is 2. The fraction of sp³-hybridized carbons (Fsp3) is 0.217. The van der Waals surface area contributed by atoms with Gasteiger partial charge in [0.25, 0.3) is 0 Å². The third-order valence-corrected chi connectivity index (χ3v) is 4.69. The first-order valence-electron chi connectivity index (χ1n) is 9.15. The molecule has 144 valence electrons. The van der Waals surface area contributed by atoms with Crippen molar-refractivity contribution in [2.24, 2.45) is 4.99 Å². The monoisotopic (exact) mass is 377 g/mol. The maximum absolute atomic E-state index is 13.5. The number of hydrogen-bond acceptors (Lipinski definition) is 4. The molecule has 1 aliphatic heterocycles. The van der Waals surface area contributed by atoms with Gasteiger partial charge in [0.05, 0.1) is 11.8 Å². The van der Waals surface area contributed by atoms with Gasteiger partial charge in [-0.2, -0.15) is 0 Å².